The maximum absolute atomic E-state index is 12.6. The normalized spacial score (nSPS) is 24.0. The highest BCUT2D eigenvalue weighted by molar-refractivity contribution is 7.88. The van der Waals surface area contributed by atoms with Gasteiger partial charge in [-0.05, 0) is 23.3 Å². The highest BCUT2D eigenvalue weighted by Crippen LogP contribution is 2.65. The third kappa shape index (κ3) is 3.00. The van der Waals surface area contributed by atoms with E-state index < -0.39 is 15.4 Å². The van der Waals surface area contributed by atoms with Gasteiger partial charge < -0.3 is 5.32 Å². The molecule has 0 aromatic carbocycles. The SMILES string of the molecule is CN(CCNC(=O)[C@]1(c2cccs2)CC1(C)C)S(C)(=O)=O. The molecule has 1 atom stereocenters. The molecule has 1 N–H and O–H groups in total. The first-order chi connectivity index (χ1) is 9.61. The van der Waals surface area contributed by atoms with Crippen LogP contribution in [0.25, 0.3) is 0 Å². The van der Waals surface area contributed by atoms with E-state index in [1.54, 1.807) is 11.3 Å². The van der Waals surface area contributed by atoms with Crippen molar-refractivity contribution in [3.63, 3.8) is 0 Å². The molecule has 1 amide bonds. The molecule has 0 unspecified atom stereocenters. The maximum Gasteiger partial charge on any atom is 0.232 e. The zero-order valence-electron chi connectivity index (χ0n) is 12.8. The first-order valence-corrected chi connectivity index (χ1v) is 9.58. The first-order valence-electron chi connectivity index (χ1n) is 6.85. The Labute approximate surface area is 130 Å². The zero-order valence-corrected chi connectivity index (χ0v) is 14.5. The fourth-order valence-corrected chi connectivity index (χ4v) is 4.23. The molecule has 21 heavy (non-hydrogen) atoms. The largest absolute Gasteiger partial charge is 0.354 e. The van der Waals surface area contributed by atoms with Gasteiger partial charge in [-0.25, -0.2) is 12.7 Å². The lowest BCUT2D eigenvalue weighted by Crippen LogP contribution is -2.41. The number of hydrogen-bond donors (Lipinski definition) is 1. The first kappa shape index (κ1) is 16.5. The maximum atomic E-state index is 12.6. The molecular formula is C14H22N2O3S2. The summed E-state index contributed by atoms with van der Waals surface area (Å²) in [5, 5.41) is 4.88. The summed E-state index contributed by atoms with van der Waals surface area (Å²) in [6.45, 7) is 4.79. The Morgan fingerprint density at radius 3 is 2.52 bits per heavy atom. The Bertz CT molecular complexity index is 623. The second kappa shape index (κ2) is 5.37. The van der Waals surface area contributed by atoms with E-state index in [4.69, 9.17) is 0 Å². The van der Waals surface area contributed by atoms with Gasteiger partial charge in [-0.15, -0.1) is 11.3 Å². The van der Waals surface area contributed by atoms with Gasteiger partial charge in [0.25, 0.3) is 0 Å². The number of rotatable bonds is 6. The molecule has 1 saturated carbocycles. The van der Waals surface area contributed by atoms with Gasteiger partial charge in [0.2, 0.25) is 15.9 Å². The predicted octanol–water partition coefficient (Wildman–Crippen LogP) is 1.42. The summed E-state index contributed by atoms with van der Waals surface area (Å²) in [4.78, 5) is 13.7. The molecule has 1 heterocycles. The number of carbonyl (C=O) groups excluding carboxylic acids is 1. The molecule has 1 fully saturated rings. The van der Waals surface area contributed by atoms with Crippen LogP contribution in [0, 0.1) is 5.41 Å². The van der Waals surface area contributed by atoms with Gasteiger partial charge in [0.05, 0.1) is 11.7 Å². The van der Waals surface area contributed by atoms with E-state index >= 15 is 0 Å². The topological polar surface area (TPSA) is 66.5 Å². The standard InChI is InChI=1S/C14H22N2O3S2/c1-13(2)10-14(13,11-6-5-9-20-11)12(17)15-7-8-16(3)21(4,18)19/h5-6,9H,7-8,10H2,1-4H3,(H,15,17)/t14-/m1/s1. The quantitative estimate of drug-likeness (QED) is 0.858. The van der Waals surface area contributed by atoms with Crippen molar-refractivity contribution in [2.45, 2.75) is 25.7 Å². The minimum Gasteiger partial charge on any atom is -0.354 e. The number of nitrogens with zero attached hydrogens (tertiary/aromatic N) is 1. The zero-order chi connectivity index (χ0) is 15.9. The van der Waals surface area contributed by atoms with Crippen molar-refractivity contribution in [1.29, 1.82) is 0 Å². The van der Waals surface area contributed by atoms with Gasteiger partial charge in [0, 0.05) is 25.0 Å². The van der Waals surface area contributed by atoms with Crippen molar-refractivity contribution in [2.24, 2.45) is 5.41 Å². The summed E-state index contributed by atoms with van der Waals surface area (Å²) in [6.07, 6.45) is 1.99. The number of carbonyl (C=O) groups is 1. The van der Waals surface area contributed by atoms with Crippen molar-refractivity contribution in [2.75, 3.05) is 26.4 Å². The van der Waals surface area contributed by atoms with E-state index in [0.717, 1.165) is 17.6 Å². The lowest BCUT2D eigenvalue weighted by atomic mass is 9.93. The molecule has 1 aromatic rings. The van der Waals surface area contributed by atoms with Crippen LogP contribution in [0.2, 0.25) is 0 Å². The minimum absolute atomic E-state index is 0.00292. The van der Waals surface area contributed by atoms with Gasteiger partial charge >= 0.3 is 0 Å². The van der Waals surface area contributed by atoms with Crippen molar-refractivity contribution in [1.82, 2.24) is 9.62 Å². The molecule has 0 aliphatic heterocycles. The van der Waals surface area contributed by atoms with E-state index in [9.17, 15) is 13.2 Å². The molecular weight excluding hydrogens is 308 g/mol. The Balaban J connectivity index is 2.00. The van der Waals surface area contributed by atoms with E-state index in [0.29, 0.717) is 6.54 Å². The van der Waals surface area contributed by atoms with Crippen molar-refractivity contribution >= 4 is 27.3 Å². The lowest BCUT2D eigenvalue weighted by molar-refractivity contribution is -0.124. The van der Waals surface area contributed by atoms with Crippen LogP contribution in [0.3, 0.4) is 0 Å². The number of hydrogen-bond acceptors (Lipinski definition) is 4. The van der Waals surface area contributed by atoms with Crippen LogP contribution in [0.4, 0.5) is 0 Å². The molecule has 2 rings (SSSR count). The van der Waals surface area contributed by atoms with E-state index in [1.807, 2.05) is 17.5 Å². The molecule has 1 aliphatic carbocycles. The van der Waals surface area contributed by atoms with Gasteiger partial charge in [0.15, 0.2) is 0 Å². The fourth-order valence-electron chi connectivity index (χ4n) is 2.70. The summed E-state index contributed by atoms with van der Waals surface area (Å²) in [5.74, 6) is -0.00292. The molecule has 1 aromatic heterocycles. The summed E-state index contributed by atoms with van der Waals surface area (Å²) in [6, 6.07) is 3.96. The van der Waals surface area contributed by atoms with Gasteiger partial charge in [-0.1, -0.05) is 19.9 Å². The average Bonchev–Trinajstić information content (AvgIpc) is 2.78. The van der Waals surface area contributed by atoms with E-state index in [1.165, 1.54) is 11.4 Å². The monoisotopic (exact) mass is 330 g/mol. The van der Waals surface area contributed by atoms with E-state index in [-0.39, 0.29) is 17.9 Å². The molecule has 5 nitrogen and oxygen atoms in total. The number of amides is 1. The Morgan fingerprint density at radius 1 is 1.48 bits per heavy atom. The molecule has 118 valence electrons. The second-order valence-electron chi connectivity index (χ2n) is 6.28. The summed E-state index contributed by atoms with van der Waals surface area (Å²) in [5.41, 5.74) is -0.504. The lowest BCUT2D eigenvalue weighted by Gasteiger charge is -2.20. The van der Waals surface area contributed by atoms with Crippen molar-refractivity contribution in [3.8, 4) is 0 Å². The van der Waals surface area contributed by atoms with Crippen molar-refractivity contribution in [3.05, 3.63) is 22.4 Å². The number of sulfonamides is 1. The Hall–Kier alpha value is -0.920. The summed E-state index contributed by atoms with van der Waals surface area (Å²) >= 11 is 1.60. The molecule has 1 aliphatic rings. The van der Waals surface area contributed by atoms with Gasteiger partial charge in [0.1, 0.15) is 0 Å². The van der Waals surface area contributed by atoms with Crippen LogP contribution in [-0.4, -0.2) is 45.0 Å². The highest BCUT2D eigenvalue weighted by atomic mass is 32.2. The van der Waals surface area contributed by atoms with Crippen molar-refractivity contribution < 1.29 is 13.2 Å². The fraction of sp³-hybridized carbons (Fsp3) is 0.643. The molecule has 0 bridgehead atoms. The minimum atomic E-state index is -3.20. The predicted molar refractivity (Wildman–Crippen MR) is 84.9 cm³/mol. The van der Waals surface area contributed by atoms with Crippen LogP contribution < -0.4 is 5.32 Å². The van der Waals surface area contributed by atoms with Crippen LogP contribution in [-0.2, 0) is 20.2 Å². The smallest absolute Gasteiger partial charge is 0.232 e. The average molecular weight is 330 g/mol. The highest BCUT2D eigenvalue weighted by Gasteiger charge is 2.67. The summed E-state index contributed by atoms with van der Waals surface area (Å²) in [7, 11) is -1.69. The van der Waals surface area contributed by atoms with Crippen LogP contribution in [0.1, 0.15) is 25.1 Å². The van der Waals surface area contributed by atoms with Gasteiger partial charge in [-0.3, -0.25) is 4.79 Å². The second-order valence-corrected chi connectivity index (χ2v) is 9.32. The van der Waals surface area contributed by atoms with E-state index in [2.05, 4.69) is 19.2 Å². The third-order valence-corrected chi connectivity index (χ3v) is 6.69. The number of nitrogens with one attached hydrogen (secondary N) is 1. The Kier molecular flexibility index (Phi) is 4.21. The molecule has 7 heteroatoms. The molecule has 0 saturated heterocycles. The van der Waals surface area contributed by atoms with Crippen LogP contribution in [0.5, 0.6) is 0 Å². The Morgan fingerprint density at radius 2 is 2.10 bits per heavy atom. The number of thiophene rings is 1. The van der Waals surface area contributed by atoms with Gasteiger partial charge in [-0.2, -0.15) is 0 Å². The third-order valence-electron chi connectivity index (χ3n) is 4.35. The number of likely N-dealkylation sites (N-methyl/N-ethyl adjacent to an activating group) is 1. The molecule has 0 spiro atoms. The summed E-state index contributed by atoms with van der Waals surface area (Å²) < 4.78 is 23.9. The van der Waals surface area contributed by atoms with Crippen LogP contribution >= 0.6 is 11.3 Å². The van der Waals surface area contributed by atoms with Crippen LogP contribution in [0.15, 0.2) is 17.5 Å². The molecule has 0 radical (unpaired) electrons.